The Bertz CT molecular complexity index is 76.2. The van der Waals surface area contributed by atoms with Crippen molar-refractivity contribution in [3.63, 3.8) is 0 Å². The zero-order valence-electron chi connectivity index (χ0n) is 4.23. The fourth-order valence-corrected chi connectivity index (χ4v) is 0.771. The summed E-state index contributed by atoms with van der Waals surface area (Å²) < 4.78 is 12.1. The number of halogens is 1. The van der Waals surface area contributed by atoms with Gasteiger partial charge in [-0.05, 0) is 19.3 Å². The number of alkyl halides is 1. The van der Waals surface area contributed by atoms with E-state index in [2.05, 4.69) is 0 Å². The molecule has 0 N–H and O–H groups in total. The van der Waals surface area contributed by atoms with Crippen molar-refractivity contribution in [1.82, 2.24) is 0 Å². The van der Waals surface area contributed by atoms with Crippen LogP contribution in [0, 0.1) is 0 Å². The highest BCUT2D eigenvalue weighted by Gasteiger charge is 2.02. The molecule has 0 bridgehead atoms. The second-order valence-electron chi connectivity index (χ2n) is 1.88. The van der Waals surface area contributed by atoms with Crippen LogP contribution in [0.4, 0.5) is 4.39 Å². The zero-order valence-corrected chi connectivity index (χ0v) is 4.23. The van der Waals surface area contributed by atoms with Gasteiger partial charge in [-0.1, -0.05) is 12.2 Å². The Morgan fingerprint density at radius 1 is 1.57 bits per heavy atom. The second-order valence-corrected chi connectivity index (χ2v) is 1.88. The molecule has 0 amide bonds. The van der Waals surface area contributed by atoms with Crippen molar-refractivity contribution in [3.05, 3.63) is 12.2 Å². The monoisotopic (exact) mass is 100 g/mol. The molecule has 0 aromatic heterocycles. The van der Waals surface area contributed by atoms with Gasteiger partial charge in [0.05, 0.1) is 0 Å². The molecule has 0 aromatic rings. The summed E-state index contributed by atoms with van der Waals surface area (Å²) in [7, 11) is 0. The number of allylic oxidation sites excluding steroid dienone is 2. The largest absolute Gasteiger partial charge is 0.243 e. The first-order chi connectivity index (χ1) is 3.39. The lowest BCUT2D eigenvalue weighted by atomic mass is 10.1. The smallest absolute Gasteiger partial charge is 0.118 e. The molecule has 0 unspecified atom stereocenters. The quantitative estimate of drug-likeness (QED) is 0.409. The van der Waals surface area contributed by atoms with Gasteiger partial charge in [0.15, 0.2) is 0 Å². The van der Waals surface area contributed by atoms with E-state index in [0.717, 1.165) is 19.3 Å². The van der Waals surface area contributed by atoms with Gasteiger partial charge in [0.2, 0.25) is 0 Å². The Kier molecular flexibility index (Phi) is 1.45. The van der Waals surface area contributed by atoms with Gasteiger partial charge < -0.3 is 0 Å². The fraction of sp³-hybridized carbons (Fsp3) is 0.667. The SMILES string of the molecule is F[C@H]1C=CCCC1. The van der Waals surface area contributed by atoms with Crippen LogP contribution in [0.3, 0.4) is 0 Å². The van der Waals surface area contributed by atoms with Crippen molar-refractivity contribution in [2.45, 2.75) is 25.4 Å². The maximum Gasteiger partial charge on any atom is 0.118 e. The molecule has 0 radical (unpaired) electrons. The molecule has 7 heavy (non-hydrogen) atoms. The van der Waals surface area contributed by atoms with Crippen LogP contribution in [0.5, 0.6) is 0 Å². The summed E-state index contributed by atoms with van der Waals surface area (Å²) in [5, 5.41) is 0. The topological polar surface area (TPSA) is 0 Å². The van der Waals surface area contributed by atoms with E-state index in [1.807, 2.05) is 6.08 Å². The number of hydrogen-bond donors (Lipinski definition) is 0. The highest BCUT2D eigenvalue weighted by molar-refractivity contribution is 4.92. The van der Waals surface area contributed by atoms with Crippen molar-refractivity contribution in [3.8, 4) is 0 Å². The van der Waals surface area contributed by atoms with E-state index in [0.29, 0.717) is 0 Å². The minimum absolute atomic E-state index is 0.645. The molecule has 1 aliphatic rings. The predicted molar refractivity (Wildman–Crippen MR) is 27.9 cm³/mol. The molecular weight excluding hydrogens is 91.1 g/mol. The van der Waals surface area contributed by atoms with Crippen LogP contribution >= 0.6 is 0 Å². The molecule has 0 saturated heterocycles. The van der Waals surface area contributed by atoms with Gasteiger partial charge in [-0.2, -0.15) is 0 Å². The Morgan fingerprint density at radius 2 is 2.43 bits per heavy atom. The van der Waals surface area contributed by atoms with Gasteiger partial charge >= 0.3 is 0 Å². The summed E-state index contributed by atoms with van der Waals surface area (Å²) >= 11 is 0. The molecule has 1 atom stereocenters. The molecule has 0 spiro atoms. The molecule has 1 heteroatoms. The van der Waals surface area contributed by atoms with Gasteiger partial charge in [-0.25, -0.2) is 4.39 Å². The van der Waals surface area contributed by atoms with E-state index >= 15 is 0 Å². The van der Waals surface area contributed by atoms with Gasteiger partial charge in [-0.3, -0.25) is 0 Å². The maximum absolute atomic E-state index is 12.1. The van der Waals surface area contributed by atoms with Crippen molar-refractivity contribution < 1.29 is 4.39 Å². The Balaban J connectivity index is 2.36. The zero-order chi connectivity index (χ0) is 5.11. The predicted octanol–water partition coefficient (Wildman–Crippen LogP) is 2.06. The van der Waals surface area contributed by atoms with E-state index in [1.54, 1.807) is 6.08 Å². The molecule has 1 rings (SSSR count). The first kappa shape index (κ1) is 4.82. The van der Waals surface area contributed by atoms with Gasteiger partial charge in [0.25, 0.3) is 0 Å². The van der Waals surface area contributed by atoms with Crippen LogP contribution in [-0.2, 0) is 0 Å². The average molecular weight is 100 g/mol. The molecule has 0 nitrogen and oxygen atoms in total. The summed E-state index contributed by atoms with van der Waals surface area (Å²) in [6.07, 6.45) is 5.74. The Labute approximate surface area is 43.0 Å². The van der Waals surface area contributed by atoms with Crippen LogP contribution in [0.1, 0.15) is 19.3 Å². The second kappa shape index (κ2) is 2.10. The lowest BCUT2D eigenvalue weighted by Gasteiger charge is -2.04. The summed E-state index contributed by atoms with van der Waals surface area (Å²) in [6.45, 7) is 0. The van der Waals surface area contributed by atoms with E-state index in [-0.39, 0.29) is 0 Å². The maximum atomic E-state index is 12.1. The molecule has 0 saturated carbocycles. The summed E-state index contributed by atoms with van der Waals surface area (Å²) in [4.78, 5) is 0. The third-order valence-electron chi connectivity index (χ3n) is 1.20. The summed E-state index contributed by atoms with van der Waals surface area (Å²) in [5.74, 6) is 0. The minimum atomic E-state index is -0.645. The van der Waals surface area contributed by atoms with Crippen molar-refractivity contribution in [1.29, 1.82) is 0 Å². The van der Waals surface area contributed by atoms with E-state index in [1.165, 1.54) is 0 Å². The van der Waals surface area contributed by atoms with Gasteiger partial charge in [0.1, 0.15) is 6.17 Å². The Morgan fingerprint density at radius 3 is 2.71 bits per heavy atom. The molecule has 0 aliphatic heterocycles. The van der Waals surface area contributed by atoms with Crippen LogP contribution in [-0.4, -0.2) is 6.17 Å². The molecular formula is C6H9F. The lowest BCUT2D eigenvalue weighted by Crippen LogP contribution is -1.97. The summed E-state index contributed by atoms with van der Waals surface area (Å²) in [5.41, 5.74) is 0. The third kappa shape index (κ3) is 1.30. The van der Waals surface area contributed by atoms with Crippen molar-refractivity contribution >= 4 is 0 Å². The molecule has 0 fully saturated rings. The van der Waals surface area contributed by atoms with Crippen LogP contribution in [0.15, 0.2) is 12.2 Å². The number of rotatable bonds is 0. The highest BCUT2D eigenvalue weighted by Crippen LogP contribution is 2.12. The summed E-state index contributed by atoms with van der Waals surface area (Å²) in [6, 6.07) is 0. The first-order valence-corrected chi connectivity index (χ1v) is 2.70. The van der Waals surface area contributed by atoms with E-state index < -0.39 is 6.17 Å². The van der Waals surface area contributed by atoms with E-state index in [9.17, 15) is 4.39 Å². The highest BCUT2D eigenvalue weighted by atomic mass is 19.1. The molecule has 1 aliphatic carbocycles. The first-order valence-electron chi connectivity index (χ1n) is 2.70. The molecule has 0 heterocycles. The van der Waals surface area contributed by atoms with Crippen LogP contribution in [0.25, 0.3) is 0 Å². The van der Waals surface area contributed by atoms with Crippen molar-refractivity contribution in [2.24, 2.45) is 0 Å². The van der Waals surface area contributed by atoms with Gasteiger partial charge in [-0.15, -0.1) is 0 Å². The fourth-order valence-electron chi connectivity index (χ4n) is 0.771. The number of hydrogen-bond acceptors (Lipinski definition) is 0. The lowest BCUT2D eigenvalue weighted by molar-refractivity contribution is 0.361. The van der Waals surface area contributed by atoms with Crippen LogP contribution in [0.2, 0.25) is 0 Å². The Hall–Kier alpha value is -0.330. The van der Waals surface area contributed by atoms with Crippen LogP contribution < -0.4 is 0 Å². The molecule has 0 aromatic carbocycles. The molecule has 40 valence electrons. The van der Waals surface area contributed by atoms with Gasteiger partial charge in [0, 0.05) is 0 Å². The normalized spacial score (nSPS) is 30.7. The standard InChI is InChI=1S/C6H9F/c7-6-4-2-1-3-5-6/h2,4,6H,1,3,5H2/t6-/m0/s1. The third-order valence-corrected chi connectivity index (χ3v) is 1.20. The minimum Gasteiger partial charge on any atom is -0.243 e. The average Bonchev–Trinajstić information content (AvgIpc) is 1.69. The van der Waals surface area contributed by atoms with Crippen molar-refractivity contribution in [2.75, 3.05) is 0 Å². The van der Waals surface area contributed by atoms with E-state index in [4.69, 9.17) is 0 Å².